The Morgan fingerprint density at radius 2 is 1.97 bits per heavy atom. The van der Waals surface area contributed by atoms with E-state index in [4.69, 9.17) is 9.47 Å². The molecule has 4 amide bonds. The number of carbonyl (C=O) groups excluding carboxylic acids is 3. The number of aryl methyl sites for hydroxylation is 2. The first-order valence-corrected chi connectivity index (χ1v) is 12.2. The standard InChI is InChI=1S/C25H34N6O5/c1-14(2)26-25(34)27-16-6-9-21-18(10-16)24(33)31(5)20-8-7-17(36-22(20)13-35-21)11-23(32)28-19-12-30(4)29-15(19)3/h6,9-10,12,14,17,20,22H,7-8,11,13H2,1-5H3,(H,28,32)(H2,26,27,34)/t17-,20-,22+/m1/s1. The lowest BCUT2D eigenvalue weighted by molar-refractivity contribution is -0.130. The highest BCUT2D eigenvalue weighted by atomic mass is 16.5. The molecule has 1 saturated heterocycles. The highest BCUT2D eigenvalue weighted by Crippen LogP contribution is 2.32. The first-order valence-electron chi connectivity index (χ1n) is 12.2. The molecule has 0 unspecified atom stereocenters. The van der Waals surface area contributed by atoms with E-state index in [0.717, 1.165) is 5.69 Å². The summed E-state index contributed by atoms with van der Waals surface area (Å²) in [6, 6.07) is 4.46. The number of hydrogen-bond acceptors (Lipinski definition) is 6. The summed E-state index contributed by atoms with van der Waals surface area (Å²) in [5.74, 6) is 0.0766. The van der Waals surface area contributed by atoms with Crippen LogP contribution in [0.15, 0.2) is 24.4 Å². The zero-order valence-electron chi connectivity index (χ0n) is 21.3. The van der Waals surface area contributed by atoms with Crippen molar-refractivity contribution in [1.82, 2.24) is 20.0 Å². The van der Waals surface area contributed by atoms with E-state index >= 15 is 0 Å². The molecule has 0 radical (unpaired) electrons. The number of fused-ring (bicyclic) bond motifs is 2. The third-order valence-corrected chi connectivity index (χ3v) is 6.39. The van der Waals surface area contributed by atoms with Gasteiger partial charge >= 0.3 is 6.03 Å². The molecule has 194 valence electrons. The van der Waals surface area contributed by atoms with Crippen molar-refractivity contribution in [3.05, 3.63) is 35.7 Å². The number of urea groups is 1. The maximum atomic E-state index is 13.3. The first kappa shape index (κ1) is 25.5. The molecule has 0 spiro atoms. The zero-order valence-corrected chi connectivity index (χ0v) is 21.3. The monoisotopic (exact) mass is 498 g/mol. The summed E-state index contributed by atoms with van der Waals surface area (Å²) in [5.41, 5.74) is 2.32. The Morgan fingerprint density at radius 1 is 1.19 bits per heavy atom. The smallest absolute Gasteiger partial charge is 0.319 e. The van der Waals surface area contributed by atoms with Crippen molar-refractivity contribution in [2.75, 3.05) is 24.3 Å². The van der Waals surface area contributed by atoms with Gasteiger partial charge in [-0.05, 0) is 51.8 Å². The predicted octanol–water partition coefficient (Wildman–Crippen LogP) is 2.67. The molecule has 2 aliphatic rings. The minimum absolute atomic E-state index is 0.0111. The number of nitrogens with one attached hydrogen (secondary N) is 3. The van der Waals surface area contributed by atoms with E-state index in [1.807, 2.05) is 20.8 Å². The Kier molecular flexibility index (Phi) is 7.48. The van der Waals surface area contributed by atoms with Gasteiger partial charge in [-0.15, -0.1) is 0 Å². The fraction of sp³-hybridized carbons (Fsp3) is 0.520. The number of likely N-dealkylation sites (N-methyl/N-ethyl adjacent to an activating group) is 1. The first-order chi connectivity index (χ1) is 17.1. The molecule has 2 aliphatic heterocycles. The van der Waals surface area contributed by atoms with Crippen molar-refractivity contribution >= 4 is 29.2 Å². The van der Waals surface area contributed by atoms with Crippen molar-refractivity contribution in [2.24, 2.45) is 7.05 Å². The van der Waals surface area contributed by atoms with Gasteiger partial charge in [-0.25, -0.2) is 4.79 Å². The van der Waals surface area contributed by atoms with Crippen molar-refractivity contribution in [3.8, 4) is 5.75 Å². The molecule has 3 heterocycles. The molecular formula is C25H34N6O5. The molecule has 36 heavy (non-hydrogen) atoms. The van der Waals surface area contributed by atoms with E-state index < -0.39 is 0 Å². The normalized spacial score (nSPS) is 21.6. The van der Waals surface area contributed by atoms with E-state index in [2.05, 4.69) is 21.0 Å². The maximum absolute atomic E-state index is 13.3. The Bertz CT molecular complexity index is 1150. The van der Waals surface area contributed by atoms with E-state index in [0.29, 0.717) is 35.5 Å². The number of aromatic nitrogens is 2. The SMILES string of the molecule is Cc1nn(C)cc1NC(=O)C[C@H]1CC[C@@H]2[C@H](COc3ccc(NC(=O)NC(C)C)cc3C(=O)N2C)O1. The van der Waals surface area contributed by atoms with Gasteiger partial charge in [0.25, 0.3) is 5.91 Å². The second-order valence-corrected chi connectivity index (χ2v) is 9.69. The Hall–Kier alpha value is -3.60. The van der Waals surface area contributed by atoms with Gasteiger partial charge in [-0.3, -0.25) is 14.3 Å². The lowest BCUT2D eigenvalue weighted by Gasteiger charge is -2.42. The molecular weight excluding hydrogens is 464 g/mol. The number of hydrogen-bond donors (Lipinski definition) is 3. The molecule has 1 aromatic carbocycles. The van der Waals surface area contributed by atoms with Crippen LogP contribution in [-0.2, 0) is 16.6 Å². The Balaban J connectivity index is 1.42. The topological polar surface area (TPSA) is 127 Å². The molecule has 2 aromatic rings. The van der Waals surface area contributed by atoms with Crippen molar-refractivity contribution in [1.29, 1.82) is 0 Å². The minimum atomic E-state index is -0.367. The quantitative estimate of drug-likeness (QED) is 0.582. The second kappa shape index (κ2) is 10.6. The second-order valence-electron chi connectivity index (χ2n) is 9.69. The van der Waals surface area contributed by atoms with Gasteiger partial charge in [0, 0.05) is 32.0 Å². The van der Waals surface area contributed by atoms with Gasteiger partial charge < -0.3 is 30.3 Å². The summed E-state index contributed by atoms with van der Waals surface area (Å²) in [5, 5.41) is 12.7. The zero-order chi connectivity index (χ0) is 26.0. The highest BCUT2D eigenvalue weighted by Gasteiger charge is 2.39. The van der Waals surface area contributed by atoms with Crippen molar-refractivity contribution in [2.45, 2.75) is 64.3 Å². The molecule has 11 heteroatoms. The lowest BCUT2D eigenvalue weighted by Crippen LogP contribution is -2.53. The van der Waals surface area contributed by atoms with Gasteiger partial charge in [0.05, 0.1) is 35.5 Å². The fourth-order valence-corrected chi connectivity index (χ4v) is 4.67. The van der Waals surface area contributed by atoms with Crippen LogP contribution in [0.3, 0.4) is 0 Å². The van der Waals surface area contributed by atoms with Crippen molar-refractivity contribution < 1.29 is 23.9 Å². The number of ether oxygens (including phenoxy) is 2. The summed E-state index contributed by atoms with van der Waals surface area (Å²) >= 11 is 0. The van der Waals surface area contributed by atoms with E-state index in [1.54, 1.807) is 48.1 Å². The molecule has 3 N–H and O–H groups in total. The number of benzene rings is 1. The van der Waals surface area contributed by atoms with Gasteiger partial charge in [0.1, 0.15) is 18.5 Å². The summed E-state index contributed by atoms with van der Waals surface area (Å²) in [6.45, 7) is 5.82. The molecule has 0 saturated carbocycles. The van der Waals surface area contributed by atoms with Crippen LogP contribution >= 0.6 is 0 Å². The number of amides is 4. The van der Waals surface area contributed by atoms with E-state index in [1.165, 1.54) is 0 Å². The summed E-state index contributed by atoms with van der Waals surface area (Å²) < 4.78 is 13.9. The van der Waals surface area contributed by atoms with Crippen molar-refractivity contribution in [3.63, 3.8) is 0 Å². The number of nitrogens with zero attached hydrogens (tertiary/aromatic N) is 3. The van der Waals surface area contributed by atoms with Gasteiger partial charge in [-0.1, -0.05) is 0 Å². The Morgan fingerprint density at radius 3 is 2.67 bits per heavy atom. The lowest BCUT2D eigenvalue weighted by atomic mass is 9.94. The molecule has 1 fully saturated rings. The van der Waals surface area contributed by atoms with Crippen LogP contribution in [0.2, 0.25) is 0 Å². The van der Waals surface area contributed by atoms with Crippen LogP contribution in [0.25, 0.3) is 0 Å². The molecule has 4 rings (SSSR count). The van der Waals surface area contributed by atoms with E-state index in [9.17, 15) is 14.4 Å². The third kappa shape index (κ3) is 5.78. The third-order valence-electron chi connectivity index (χ3n) is 6.39. The molecule has 1 aromatic heterocycles. The number of rotatable bonds is 5. The summed E-state index contributed by atoms with van der Waals surface area (Å²) in [4.78, 5) is 39.7. The average molecular weight is 499 g/mol. The van der Waals surface area contributed by atoms with Gasteiger partial charge in [0.2, 0.25) is 5.91 Å². The van der Waals surface area contributed by atoms with Crippen LogP contribution in [-0.4, -0.2) is 70.5 Å². The van der Waals surface area contributed by atoms with Crippen LogP contribution in [0.1, 0.15) is 49.2 Å². The van der Waals surface area contributed by atoms with Crippen LogP contribution < -0.4 is 20.7 Å². The van der Waals surface area contributed by atoms with Crippen LogP contribution in [0.4, 0.5) is 16.2 Å². The number of anilines is 2. The van der Waals surface area contributed by atoms with Crippen LogP contribution in [0, 0.1) is 6.92 Å². The Labute approximate surface area is 210 Å². The fourth-order valence-electron chi connectivity index (χ4n) is 4.67. The molecule has 11 nitrogen and oxygen atoms in total. The minimum Gasteiger partial charge on any atom is -0.490 e. The molecule has 0 bridgehead atoms. The average Bonchev–Trinajstić information content (AvgIpc) is 3.12. The van der Waals surface area contributed by atoms with Crippen LogP contribution in [0.5, 0.6) is 5.75 Å². The predicted molar refractivity (Wildman–Crippen MR) is 134 cm³/mol. The highest BCUT2D eigenvalue weighted by molar-refractivity contribution is 5.99. The van der Waals surface area contributed by atoms with Gasteiger partial charge in [-0.2, -0.15) is 5.10 Å². The van der Waals surface area contributed by atoms with Gasteiger partial charge in [0.15, 0.2) is 0 Å². The van der Waals surface area contributed by atoms with E-state index in [-0.39, 0.29) is 55.2 Å². The molecule has 3 atom stereocenters. The summed E-state index contributed by atoms with van der Waals surface area (Å²) in [6.07, 6.45) is 2.66. The molecule has 0 aliphatic carbocycles. The summed E-state index contributed by atoms with van der Waals surface area (Å²) in [7, 11) is 3.56. The number of carbonyl (C=O) groups is 3. The largest absolute Gasteiger partial charge is 0.490 e. The maximum Gasteiger partial charge on any atom is 0.319 e.